The van der Waals surface area contributed by atoms with Gasteiger partial charge in [-0.2, -0.15) is 13.2 Å². The number of nitrogens with zero attached hydrogens (tertiary/aromatic N) is 3. The number of nitrogens with one attached hydrogen (secondary N) is 1. The highest BCUT2D eigenvalue weighted by Crippen LogP contribution is 2.30. The van der Waals surface area contributed by atoms with Crippen LogP contribution in [-0.2, 0) is 17.5 Å². The van der Waals surface area contributed by atoms with Gasteiger partial charge in [0.15, 0.2) is 0 Å². The van der Waals surface area contributed by atoms with Crippen LogP contribution in [-0.4, -0.2) is 41.2 Å². The topological polar surface area (TPSA) is 76.5 Å². The second-order valence-corrected chi connectivity index (χ2v) is 7.23. The standard InChI is InChI=1S/C22H23F3N4O3/c1-14(28(2)21(31)26-16-10-8-15(9-11-16)22(23,24)25)19-27-18-7-5-4-6-17(18)20(30)29(19)12-13-32-3/h4-11,14H,12-13H2,1-3H3,(H,26,31). The molecule has 0 saturated carbocycles. The number of amides is 2. The first-order valence-electron chi connectivity index (χ1n) is 9.83. The van der Waals surface area contributed by atoms with Crippen molar-refractivity contribution < 1.29 is 22.7 Å². The summed E-state index contributed by atoms with van der Waals surface area (Å²) < 4.78 is 44.8. The summed E-state index contributed by atoms with van der Waals surface area (Å²) in [4.78, 5) is 31.7. The molecule has 1 N–H and O–H groups in total. The number of anilines is 1. The van der Waals surface area contributed by atoms with Gasteiger partial charge in [0.2, 0.25) is 0 Å². The molecule has 170 valence electrons. The number of para-hydroxylation sites is 1. The van der Waals surface area contributed by atoms with Gasteiger partial charge >= 0.3 is 12.2 Å². The number of carbonyl (C=O) groups is 1. The predicted octanol–water partition coefficient (Wildman–Crippen LogP) is 4.29. The van der Waals surface area contributed by atoms with Crippen LogP contribution in [0.3, 0.4) is 0 Å². The summed E-state index contributed by atoms with van der Waals surface area (Å²) in [6.07, 6.45) is -4.46. The van der Waals surface area contributed by atoms with Crippen molar-refractivity contribution in [1.29, 1.82) is 0 Å². The van der Waals surface area contributed by atoms with E-state index < -0.39 is 23.8 Å². The molecule has 2 amide bonds. The van der Waals surface area contributed by atoms with E-state index in [1.54, 1.807) is 31.2 Å². The lowest BCUT2D eigenvalue weighted by molar-refractivity contribution is -0.137. The number of urea groups is 1. The fourth-order valence-corrected chi connectivity index (χ4v) is 3.21. The zero-order valence-corrected chi connectivity index (χ0v) is 17.8. The lowest BCUT2D eigenvalue weighted by atomic mass is 10.2. The molecular weight excluding hydrogens is 425 g/mol. The van der Waals surface area contributed by atoms with Gasteiger partial charge in [-0.3, -0.25) is 9.36 Å². The second-order valence-electron chi connectivity index (χ2n) is 7.23. The van der Waals surface area contributed by atoms with E-state index in [0.717, 1.165) is 12.1 Å². The van der Waals surface area contributed by atoms with Gasteiger partial charge in [0.1, 0.15) is 5.82 Å². The number of rotatable bonds is 6. The minimum atomic E-state index is -4.46. The molecule has 0 radical (unpaired) electrons. The number of hydrogen-bond donors (Lipinski definition) is 1. The van der Waals surface area contributed by atoms with Crippen molar-refractivity contribution in [3.63, 3.8) is 0 Å². The van der Waals surface area contributed by atoms with Crippen LogP contribution in [0.4, 0.5) is 23.7 Å². The fourth-order valence-electron chi connectivity index (χ4n) is 3.21. The Morgan fingerprint density at radius 2 is 1.84 bits per heavy atom. The zero-order valence-electron chi connectivity index (χ0n) is 17.8. The Labute approximate surface area is 182 Å². The van der Waals surface area contributed by atoms with Gasteiger partial charge < -0.3 is 15.0 Å². The molecule has 1 aromatic heterocycles. The molecule has 0 fully saturated rings. The number of carbonyl (C=O) groups excluding carboxylic acids is 1. The van der Waals surface area contributed by atoms with Crippen molar-refractivity contribution in [2.45, 2.75) is 25.7 Å². The quantitative estimate of drug-likeness (QED) is 0.611. The minimum Gasteiger partial charge on any atom is -0.383 e. The SMILES string of the molecule is COCCn1c(C(C)N(C)C(=O)Nc2ccc(C(F)(F)F)cc2)nc2ccccc2c1=O. The molecule has 0 aliphatic rings. The molecule has 1 unspecified atom stereocenters. The Morgan fingerprint density at radius 3 is 2.47 bits per heavy atom. The first-order valence-corrected chi connectivity index (χ1v) is 9.83. The summed E-state index contributed by atoms with van der Waals surface area (Å²) in [6, 6.07) is 9.90. The summed E-state index contributed by atoms with van der Waals surface area (Å²) in [5, 5.41) is 3.02. The molecule has 0 bridgehead atoms. The van der Waals surface area contributed by atoms with Gasteiger partial charge in [0, 0.05) is 19.8 Å². The average Bonchev–Trinajstić information content (AvgIpc) is 2.77. The van der Waals surface area contributed by atoms with Crippen molar-refractivity contribution in [1.82, 2.24) is 14.5 Å². The van der Waals surface area contributed by atoms with Crippen LogP contribution in [0, 0.1) is 0 Å². The van der Waals surface area contributed by atoms with Gasteiger partial charge in [-0.05, 0) is 43.3 Å². The molecule has 32 heavy (non-hydrogen) atoms. The van der Waals surface area contributed by atoms with Gasteiger partial charge in [0.25, 0.3) is 5.56 Å². The van der Waals surface area contributed by atoms with Crippen LogP contribution >= 0.6 is 0 Å². The largest absolute Gasteiger partial charge is 0.416 e. The van der Waals surface area contributed by atoms with Crippen molar-refractivity contribution in [2.75, 3.05) is 26.1 Å². The van der Waals surface area contributed by atoms with Crippen LogP contribution in [0.25, 0.3) is 10.9 Å². The average molecular weight is 448 g/mol. The Balaban J connectivity index is 1.87. The molecule has 0 aliphatic heterocycles. The fraction of sp³-hybridized carbons (Fsp3) is 0.318. The number of ether oxygens (including phenoxy) is 1. The Hall–Kier alpha value is -3.40. The van der Waals surface area contributed by atoms with Crippen LogP contribution in [0.15, 0.2) is 53.3 Å². The van der Waals surface area contributed by atoms with E-state index in [9.17, 15) is 22.8 Å². The van der Waals surface area contributed by atoms with Gasteiger partial charge in [0.05, 0.1) is 35.7 Å². The molecule has 1 atom stereocenters. The summed E-state index contributed by atoms with van der Waals surface area (Å²) >= 11 is 0. The van der Waals surface area contributed by atoms with Crippen LogP contribution in [0.2, 0.25) is 0 Å². The van der Waals surface area contributed by atoms with E-state index in [4.69, 9.17) is 4.74 Å². The van der Waals surface area contributed by atoms with E-state index in [1.165, 1.54) is 35.8 Å². The third-order valence-electron chi connectivity index (χ3n) is 5.15. The van der Waals surface area contributed by atoms with Crippen molar-refractivity contribution in [3.8, 4) is 0 Å². The van der Waals surface area contributed by atoms with Crippen LogP contribution < -0.4 is 10.9 Å². The van der Waals surface area contributed by atoms with Crippen LogP contribution in [0.5, 0.6) is 0 Å². The minimum absolute atomic E-state index is 0.213. The summed E-state index contributed by atoms with van der Waals surface area (Å²) in [7, 11) is 3.04. The maximum absolute atomic E-state index is 13.0. The van der Waals surface area contributed by atoms with Crippen molar-refractivity contribution in [2.24, 2.45) is 0 Å². The molecule has 10 heteroatoms. The molecule has 0 spiro atoms. The number of hydrogen-bond acceptors (Lipinski definition) is 4. The second kappa shape index (κ2) is 9.39. The number of fused-ring (bicyclic) bond motifs is 1. The molecule has 1 heterocycles. The number of benzene rings is 2. The molecule has 3 aromatic rings. The van der Waals surface area contributed by atoms with Gasteiger partial charge in [-0.25, -0.2) is 9.78 Å². The first-order chi connectivity index (χ1) is 15.1. The third kappa shape index (κ3) is 4.91. The monoisotopic (exact) mass is 448 g/mol. The highest BCUT2D eigenvalue weighted by Gasteiger charge is 2.30. The molecular formula is C22H23F3N4O3. The first kappa shape index (κ1) is 23.3. The number of halogens is 3. The summed E-state index contributed by atoms with van der Waals surface area (Å²) in [5.74, 6) is 0.371. The highest BCUT2D eigenvalue weighted by molar-refractivity contribution is 5.89. The van der Waals surface area contributed by atoms with Gasteiger partial charge in [-0.15, -0.1) is 0 Å². The number of methoxy groups -OCH3 is 1. The number of alkyl halides is 3. The van der Waals surface area contributed by atoms with E-state index >= 15 is 0 Å². The zero-order chi connectivity index (χ0) is 23.5. The van der Waals surface area contributed by atoms with Crippen molar-refractivity contribution >= 4 is 22.6 Å². The van der Waals surface area contributed by atoms with Crippen molar-refractivity contribution in [3.05, 3.63) is 70.3 Å². The maximum Gasteiger partial charge on any atom is 0.416 e. The maximum atomic E-state index is 13.0. The third-order valence-corrected chi connectivity index (χ3v) is 5.15. The van der Waals surface area contributed by atoms with E-state index in [0.29, 0.717) is 16.7 Å². The van der Waals surface area contributed by atoms with Crippen LogP contribution in [0.1, 0.15) is 24.4 Å². The molecule has 2 aromatic carbocycles. The molecule has 0 saturated heterocycles. The van der Waals surface area contributed by atoms with E-state index in [2.05, 4.69) is 10.3 Å². The van der Waals surface area contributed by atoms with E-state index in [-0.39, 0.29) is 24.4 Å². The lowest BCUT2D eigenvalue weighted by Gasteiger charge is -2.27. The normalized spacial score (nSPS) is 12.6. The number of aromatic nitrogens is 2. The summed E-state index contributed by atoms with van der Waals surface area (Å²) in [6.45, 7) is 2.24. The Morgan fingerprint density at radius 1 is 1.19 bits per heavy atom. The van der Waals surface area contributed by atoms with E-state index in [1.807, 2.05) is 0 Å². The molecule has 3 rings (SSSR count). The summed E-state index contributed by atoms with van der Waals surface area (Å²) in [5.41, 5.74) is -0.333. The smallest absolute Gasteiger partial charge is 0.383 e. The molecule has 0 aliphatic carbocycles. The van der Waals surface area contributed by atoms with Gasteiger partial charge in [-0.1, -0.05) is 12.1 Å². The lowest BCUT2D eigenvalue weighted by Crippen LogP contribution is -2.38. The highest BCUT2D eigenvalue weighted by atomic mass is 19.4. The predicted molar refractivity (Wildman–Crippen MR) is 115 cm³/mol. The Bertz CT molecular complexity index is 1160. The molecule has 7 nitrogen and oxygen atoms in total. The Kier molecular flexibility index (Phi) is 6.83.